The van der Waals surface area contributed by atoms with Gasteiger partial charge in [0, 0.05) is 31.0 Å². The van der Waals surface area contributed by atoms with Crippen LogP contribution in [-0.2, 0) is 13.6 Å². The van der Waals surface area contributed by atoms with E-state index in [-0.39, 0.29) is 6.04 Å². The van der Waals surface area contributed by atoms with Crippen LogP contribution in [0.5, 0.6) is 0 Å². The Labute approximate surface area is 124 Å². The minimum absolute atomic E-state index is 0.0910. The average Bonchev–Trinajstić information content (AvgIpc) is 3.14. The molecule has 21 heavy (non-hydrogen) atoms. The van der Waals surface area contributed by atoms with Gasteiger partial charge in [-0.05, 0) is 12.5 Å². The van der Waals surface area contributed by atoms with Crippen LogP contribution in [0.4, 0.5) is 0 Å². The summed E-state index contributed by atoms with van der Waals surface area (Å²) < 4.78 is 1.89. The molecule has 0 saturated heterocycles. The molecule has 0 radical (unpaired) electrons. The third-order valence-corrected chi connectivity index (χ3v) is 3.80. The van der Waals surface area contributed by atoms with Crippen LogP contribution in [0.15, 0.2) is 49.1 Å². The highest BCUT2D eigenvalue weighted by Gasteiger charge is 2.15. The Hall–Kier alpha value is -2.40. The van der Waals surface area contributed by atoms with Crippen molar-refractivity contribution in [2.24, 2.45) is 7.05 Å². The maximum atomic E-state index is 4.29. The Morgan fingerprint density at radius 3 is 2.67 bits per heavy atom. The number of H-pyrrole nitrogens is 1. The summed E-state index contributed by atoms with van der Waals surface area (Å²) in [6.07, 6.45) is 5.49. The van der Waals surface area contributed by atoms with Crippen molar-refractivity contribution in [1.82, 2.24) is 25.1 Å². The zero-order chi connectivity index (χ0) is 14.7. The van der Waals surface area contributed by atoms with Gasteiger partial charge in [0.25, 0.3) is 0 Å². The van der Waals surface area contributed by atoms with Crippen LogP contribution in [-0.4, -0.2) is 19.7 Å². The van der Waals surface area contributed by atoms with Gasteiger partial charge >= 0.3 is 0 Å². The molecule has 2 N–H and O–H groups in total. The van der Waals surface area contributed by atoms with E-state index in [9.17, 15) is 0 Å². The zero-order valence-electron chi connectivity index (χ0n) is 12.2. The van der Waals surface area contributed by atoms with Crippen molar-refractivity contribution in [2.75, 3.05) is 0 Å². The van der Waals surface area contributed by atoms with E-state index in [1.54, 1.807) is 6.33 Å². The lowest BCUT2D eigenvalue weighted by Crippen LogP contribution is -2.22. The van der Waals surface area contributed by atoms with E-state index >= 15 is 0 Å². The van der Waals surface area contributed by atoms with Crippen molar-refractivity contribution < 1.29 is 0 Å². The number of imidazole rings is 1. The Morgan fingerprint density at radius 1 is 1.24 bits per heavy atom. The Bertz CT molecular complexity index is 685. The third kappa shape index (κ3) is 2.87. The van der Waals surface area contributed by atoms with E-state index in [1.165, 1.54) is 16.8 Å². The molecule has 0 aliphatic heterocycles. The summed E-state index contributed by atoms with van der Waals surface area (Å²) >= 11 is 0. The molecule has 1 atom stereocenters. The number of nitrogens with one attached hydrogen (secondary N) is 2. The fourth-order valence-electron chi connectivity index (χ4n) is 2.41. The fourth-order valence-corrected chi connectivity index (χ4v) is 2.41. The van der Waals surface area contributed by atoms with Crippen LogP contribution in [0.25, 0.3) is 0 Å². The van der Waals surface area contributed by atoms with E-state index in [1.807, 2.05) is 30.2 Å². The molecular weight excluding hydrogens is 262 g/mol. The molecule has 5 heteroatoms. The largest absolute Gasteiger partial charge is 0.347 e. The standard InChI is InChI=1S/C16H19N5/c1-12-14(9-20-21(12)2)8-18-16(15-10-17-11-19-15)13-6-4-3-5-7-13/h3-7,9-11,16,18H,8H2,1-2H3,(H,17,19). The molecular formula is C16H19N5. The zero-order valence-corrected chi connectivity index (χ0v) is 12.2. The van der Waals surface area contributed by atoms with Gasteiger partial charge in [-0.25, -0.2) is 4.98 Å². The number of aromatic amines is 1. The van der Waals surface area contributed by atoms with Crippen molar-refractivity contribution in [1.29, 1.82) is 0 Å². The van der Waals surface area contributed by atoms with Crippen LogP contribution in [0.1, 0.15) is 28.6 Å². The van der Waals surface area contributed by atoms with E-state index in [0.29, 0.717) is 0 Å². The number of hydrogen-bond donors (Lipinski definition) is 2. The average molecular weight is 281 g/mol. The summed E-state index contributed by atoms with van der Waals surface area (Å²) in [5.74, 6) is 0. The summed E-state index contributed by atoms with van der Waals surface area (Å²) in [6, 6.07) is 10.5. The van der Waals surface area contributed by atoms with Crippen LogP contribution in [0.2, 0.25) is 0 Å². The van der Waals surface area contributed by atoms with Gasteiger partial charge < -0.3 is 10.3 Å². The van der Waals surface area contributed by atoms with E-state index in [0.717, 1.165) is 12.2 Å². The minimum Gasteiger partial charge on any atom is -0.347 e. The third-order valence-electron chi connectivity index (χ3n) is 3.80. The molecule has 3 aromatic rings. The van der Waals surface area contributed by atoms with Crippen LogP contribution in [0, 0.1) is 6.92 Å². The smallest absolute Gasteiger partial charge is 0.0922 e. The van der Waals surface area contributed by atoms with Crippen LogP contribution in [0.3, 0.4) is 0 Å². The maximum absolute atomic E-state index is 4.29. The number of nitrogens with zero attached hydrogens (tertiary/aromatic N) is 3. The fraction of sp³-hybridized carbons (Fsp3) is 0.250. The van der Waals surface area contributed by atoms with Gasteiger partial charge in [-0.3, -0.25) is 4.68 Å². The van der Waals surface area contributed by atoms with E-state index < -0.39 is 0 Å². The molecule has 3 rings (SSSR count). The van der Waals surface area contributed by atoms with Crippen molar-refractivity contribution in [2.45, 2.75) is 19.5 Å². The lowest BCUT2D eigenvalue weighted by atomic mass is 10.0. The summed E-state index contributed by atoms with van der Waals surface area (Å²) in [5, 5.41) is 7.87. The highest BCUT2D eigenvalue weighted by Crippen LogP contribution is 2.20. The minimum atomic E-state index is 0.0910. The first-order chi connectivity index (χ1) is 10.3. The van der Waals surface area contributed by atoms with Crippen molar-refractivity contribution in [3.05, 3.63) is 71.6 Å². The van der Waals surface area contributed by atoms with E-state index in [2.05, 4.69) is 51.6 Å². The number of rotatable bonds is 5. The molecule has 0 aliphatic rings. The second-order valence-corrected chi connectivity index (χ2v) is 5.11. The molecule has 0 amide bonds. The number of aryl methyl sites for hydroxylation is 1. The maximum Gasteiger partial charge on any atom is 0.0922 e. The number of benzene rings is 1. The quantitative estimate of drug-likeness (QED) is 0.754. The number of hydrogen-bond acceptors (Lipinski definition) is 3. The summed E-state index contributed by atoms with van der Waals surface area (Å²) in [7, 11) is 1.96. The van der Waals surface area contributed by atoms with Gasteiger partial charge in [0.05, 0.1) is 24.3 Å². The predicted octanol–water partition coefficient (Wildman–Crippen LogP) is 2.33. The lowest BCUT2D eigenvalue weighted by molar-refractivity contribution is 0.591. The molecule has 0 bridgehead atoms. The summed E-state index contributed by atoms with van der Waals surface area (Å²) in [6.45, 7) is 2.84. The van der Waals surface area contributed by atoms with Gasteiger partial charge in [0.15, 0.2) is 0 Å². The van der Waals surface area contributed by atoms with Gasteiger partial charge in [0.2, 0.25) is 0 Å². The normalized spacial score (nSPS) is 12.5. The van der Waals surface area contributed by atoms with Crippen molar-refractivity contribution in [3.8, 4) is 0 Å². The molecule has 5 nitrogen and oxygen atoms in total. The molecule has 2 heterocycles. The topological polar surface area (TPSA) is 58.5 Å². The van der Waals surface area contributed by atoms with Crippen LogP contribution < -0.4 is 5.32 Å². The first-order valence-electron chi connectivity index (χ1n) is 7.00. The molecule has 1 aromatic carbocycles. The van der Waals surface area contributed by atoms with Gasteiger partial charge in [-0.15, -0.1) is 0 Å². The van der Waals surface area contributed by atoms with Crippen molar-refractivity contribution in [3.63, 3.8) is 0 Å². The first-order valence-corrected chi connectivity index (χ1v) is 7.00. The number of aromatic nitrogens is 4. The van der Waals surface area contributed by atoms with Gasteiger partial charge in [0.1, 0.15) is 0 Å². The summed E-state index contributed by atoms with van der Waals surface area (Å²) in [4.78, 5) is 7.33. The molecule has 0 fully saturated rings. The molecule has 0 spiro atoms. The lowest BCUT2D eigenvalue weighted by Gasteiger charge is -2.17. The molecule has 2 aromatic heterocycles. The SMILES string of the molecule is Cc1c(CNC(c2ccccc2)c2cnc[nH]2)cnn1C. The van der Waals surface area contributed by atoms with Crippen molar-refractivity contribution >= 4 is 0 Å². The summed E-state index contributed by atoms with van der Waals surface area (Å²) in [5.41, 5.74) is 4.66. The second kappa shape index (κ2) is 5.93. The molecule has 0 saturated carbocycles. The highest BCUT2D eigenvalue weighted by molar-refractivity contribution is 5.27. The Kier molecular flexibility index (Phi) is 3.83. The van der Waals surface area contributed by atoms with E-state index in [4.69, 9.17) is 0 Å². The first kappa shape index (κ1) is 13.6. The van der Waals surface area contributed by atoms with Crippen LogP contribution >= 0.6 is 0 Å². The Morgan fingerprint density at radius 2 is 2.05 bits per heavy atom. The molecule has 1 unspecified atom stereocenters. The van der Waals surface area contributed by atoms with Gasteiger partial charge in [-0.1, -0.05) is 30.3 Å². The monoisotopic (exact) mass is 281 g/mol. The van der Waals surface area contributed by atoms with Gasteiger partial charge in [-0.2, -0.15) is 5.10 Å². The second-order valence-electron chi connectivity index (χ2n) is 5.11. The predicted molar refractivity (Wildman–Crippen MR) is 81.7 cm³/mol. The molecule has 108 valence electrons. The Balaban J connectivity index is 1.82. The molecule has 0 aliphatic carbocycles. The highest BCUT2D eigenvalue weighted by atomic mass is 15.3.